The smallest absolute Gasteiger partial charge is 0.356 e. The Balaban J connectivity index is 1.62. The van der Waals surface area contributed by atoms with Crippen molar-refractivity contribution in [1.29, 1.82) is 0 Å². The summed E-state index contributed by atoms with van der Waals surface area (Å²) in [6.45, 7) is 2.69. The van der Waals surface area contributed by atoms with Crippen LogP contribution in [0.25, 0.3) is 0 Å². The van der Waals surface area contributed by atoms with Gasteiger partial charge in [-0.1, -0.05) is 86.8 Å². The second-order valence-electron chi connectivity index (χ2n) is 6.62. The first-order valence-electron chi connectivity index (χ1n) is 9.33. The summed E-state index contributed by atoms with van der Waals surface area (Å²) in [5.74, 6) is -0.438. The monoisotopic (exact) mass is 374 g/mol. The zero-order valence-electron chi connectivity index (χ0n) is 15.3. The topological polar surface area (TPSA) is 48.1 Å². The van der Waals surface area contributed by atoms with E-state index in [-0.39, 0.29) is 19.3 Å². The van der Waals surface area contributed by atoms with E-state index in [0.717, 1.165) is 36.8 Å². The molecule has 0 aliphatic carbocycles. The highest BCUT2D eigenvalue weighted by Gasteiger charge is 2.54. The molecule has 3 rings (SSSR count). The van der Waals surface area contributed by atoms with Gasteiger partial charge >= 0.3 is 7.60 Å². The Hall–Kier alpha value is -1.45. The third-order valence-corrected chi connectivity index (χ3v) is 6.52. The molecule has 140 valence electrons. The van der Waals surface area contributed by atoms with Gasteiger partial charge in [0, 0.05) is 0 Å². The first-order chi connectivity index (χ1) is 12.7. The molecule has 0 unspecified atom stereocenters. The average Bonchev–Trinajstić information content (AvgIpc) is 3.47. The molecule has 0 bridgehead atoms. The summed E-state index contributed by atoms with van der Waals surface area (Å²) in [5.41, 5.74) is 1.94. The quantitative estimate of drug-likeness (QED) is 0.278. The second-order valence-corrected chi connectivity index (χ2v) is 8.72. The number of ether oxygens (including phenoxy) is 1. The lowest BCUT2D eigenvalue weighted by Gasteiger charge is -2.17. The molecule has 26 heavy (non-hydrogen) atoms. The molecule has 1 fully saturated rings. The van der Waals surface area contributed by atoms with Gasteiger partial charge < -0.3 is 13.8 Å². The lowest BCUT2D eigenvalue weighted by molar-refractivity contribution is 0.181. The van der Waals surface area contributed by atoms with E-state index < -0.39 is 13.4 Å². The summed E-state index contributed by atoms with van der Waals surface area (Å²) in [4.78, 5) is 0. The van der Waals surface area contributed by atoms with Crippen LogP contribution in [0.2, 0.25) is 0 Å². The number of benzene rings is 2. The van der Waals surface area contributed by atoms with Crippen LogP contribution in [0.1, 0.15) is 43.7 Å². The molecule has 2 atom stereocenters. The fourth-order valence-corrected chi connectivity index (χ4v) is 4.77. The fourth-order valence-electron chi connectivity index (χ4n) is 2.88. The van der Waals surface area contributed by atoms with Gasteiger partial charge in [0.05, 0.1) is 19.3 Å². The van der Waals surface area contributed by atoms with Gasteiger partial charge in [0.1, 0.15) is 0 Å². The van der Waals surface area contributed by atoms with Gasteiger partial charge in [0.25, 0.3) is 0 Å². The SMILES string of the molecule is CCCCC[C@@H]1O[C@@H]1P(=O)(OCc1ccccc1)OCc1ccccc1. The summed E-state index contributed by atoms with van der Waals surface area (Å²) in [5, 5.41) is 0. The Morgan fingerprint density at radius 3 is 1.92 bits per heavy atom. The van der Waals surface area contributed by atoms with Crippen molar-refractivity contribution in [2.24, 2.45) is 0 Å². The van der Waals surface area contributed by atoms with Crippen LogP contribution in [0, 0.1) is 0 Å². The summed E-state index contributed by atoms with van der Waals surface area (Å²) in [7, 11) is -3.34. The molecule has 1 saturated heterocycles. The molecule has 1 aliphatic rings. The zero-order chi connectivity index (χ0) is 18.2. The molecule has 1 heterocycles. The maximum atomic E-state index is 13.4. The van der Waals surface area contributed by atoms with Crippen LogP contribution < -0.4 is 0 Å². The van der Waals surface area contributed by atoms with E-state index in [1.54, 1.807) is 0 Å². The van der Waals surface area contributed by atoms with Crippen molar-refractivity contribution in [3.63, 3.8) is 0 Å². The summed E-state index contributed by atoms with van der Waals surface area (Å²) in [6.07, 6.45) is 4.29. The molecule has 0 amide bonds. The van der Waals surface area contributed by atoms with Crippen molar-refractivity contribution in [2.75, 3.05) is 0 Å². The Morgan fingerprint density at radius 1 is 0.885 bits per heavy atom. The first-order valence-corrected chi connectivity index (χ1v) is 10.9. The molecule has 5 heteroatoms. The third kappa shape index (κ3) is 5.52. The molecule has 4 nitrogen and oxygen atoms in total. The van der Waals surface area contributed by atoms with Crippen molar-refractivity contribution in [2.45, 2.75) is 57.8 Å². The van der Waals surface area contributed by atoms with E-state index >= 15 is 0 Å². The van der Waals surface area contributed by atoms with Crippen LogP contribution >= 0.6 is 7.60 Å². The summed E-state index contributed by atoms with van der Waals surface area (Å²) < 4.78 is 30.7. The van der Waals surface area contributed by atoms with Crippen LogP contribution in [0.4, 0.5) is 0 Å². The maximum absolute atomic E-state index is 13.4. The Morgan fingerprint density at radius 2 is 1.42 bits per heavy atom. The highest BCUT2D eigenvalue weighted by molar-refractivity contribution is 7.54. The van der Waals surface area contributed by atoms with Gasteiger partial charge in [-0.05, 0) is 17.5 Å². The molecule has 1 aliphatic heterocycles. The van der Waals surface area contributed by atoms with E-state index in [1.165, 1.54) is 0 Å². The standard InChI is InChI=1S/C21H27O4P/c1-2-3-6-15-20-21(25-20)26(22,23-16-18-11-7-4-8-12-18)24-17-19-13-9-5-10-14-19/h4-5,7-14,20-21H,2-3,6,15-17H2,1H3/t20-,21+/m0/s1. The van der Waals surface area contributed by atoms with Gasteiger partial charge in [-0.3, -0.25) is 4.57 Å². The van der Waals surface area contributed by atoms with E-state index in [1.807, 2.05) is 60.7 Å². The van der Waals surface area contributed by atoms with Crippen molar-refractivity contribution in [1.82, 2.24) is 0 Å². The van der Waals surface area contributed by atoms with Crippen LogP contribution in [-0.4, -0.2) is 11.9 Å². The lowest BCUT2D eigenvalue weighted by atomic mass is 10.2. The van der Waals surface area contributed by atoms with E-state index in [4.69, 9.17) is 13.8 Å². The van der Waals surface area contributed by atoms with Crippen LogP contribution in [0.15, 0.2) is 60.7 Å². The summed E-state index contributed by atoms with van der Waals surface area (Å²) in [6, 6.07) is 19.5. The predicted molar refractivity (Wildman–Crippen MR) is 103 cm³/mol. The average molecular weight is 374 g/mol. The van der Waals surface area contributed by atoms with Gasteiger partial charge in [-0.2, -0.15) is 0 Å². The van der Waals surface area contributed by atoms with Crippen LogP contribution in [0.5, 0.6) is 0 Å². The Kier molecular flexibility index (Phi) is 7.04. The number of hydrogen-bond donors (Lipinski definition) is 0. The number of epoxide rings is 1. The van der Waals surface area contributed by atoms with E-state index in [9.17, 15) is 4.57 Å². The highest BCUT2D eigenvalue weighted by atomic mass is 31.2. The number of unbranched alkanes of at least 4 members (excludes halogenated alkanes) is 2. The van der Waals surface area contributed by atoms with Gasteiger partial charge in [-0.15, -0.1) is 0 Å². The molecule has 2 aromatic carbocycles. The predicted octanol–water partition coefficient (Wildman–Crippen LogP) is 5.92. The number of hydrogen-bond acceptors (Lipinski definition) is 4. The third-order valence-electron chi connectivity index (χ3n) is 4.47. The Labute approximate surface area is 156 Å². The minimum absolute atomic E-state index is 0.0149. The highest BCUT2D eigenvalue weighted by Crippen LogP contribution is 2.63. The van der Waals surface area contributed by atoms with E-state index in [0.29, 0.717) is 0 Å². The molecular weight excluding hydrogens is 347 g/mol. The van der Waals surface area contributed by atoms with Gasteiger partial charge in [0.15, 0.2) is 5.85 Å². The second kappa shape index (κ2) is 9.48. The van der Waals surface area contributed by atoms with Crippen molar-refractivity contribution in [3.8, 4) is 0 Å². The molecule has 2 aromatic rings. The first kappa shape index (κ1) is 19.3. The molecular formula is C21H27O4P. The van der Waals surface area contributed by atoms with Gasteiger partial charge in [0.2, 0.25) is 0 Å². The number of rotatable bonds is 11. The molecule has 0 aromatic heterocycles. The normalized spacial score (nSPS) is 19.4. The van der Waals surface area contributed by atoms with Crippen molar-refractivity contribution >= 4 is 7.60 Å². The largest absolute Gasteiger partial charge is 0.362 e. The minimum Gasteiger partial charge on any atom is -0.356 e. The van der Waals surface area contributed by atoms with E-state index in [2.05, 4.69) is 6.92 Å². The fraction of sp³-hybridized carbons (Fsp3) is 0.429. The minimum atomic E-state index is -3.34. The van der Waals surface area contributed by atoms with Crippen molar-refractivity contribution in [3.05, 3.63) is 71.8 Å². The van der Waals surface area contributed by atoms with Crippen molar-refractivity contribution < 1.29 is 18.3 Å². The molecule has 0 saturated carbocycles. The lowest BCUT2D eigenvalue weighted by Crippen LogP contribution is -2.05. The molecule has 0 spiro atoms. The maximum Gasteiger partial charge on any atom is 0.362 e. The van der Waals surface area contributed by atoms with Crippen LogP contribution in [0.3, 0.4) is 0 Å². The van der Waals surface area contributed by atoms with Gasteiger partial charge in [-0.25, -0.2) is 0 Å². The zero-order valence-corrected chi connectivity index (χ0v) is 16.1. The summed E-state index contributed by atoms with van der Waals surface area (Å²) >= 11 is 0. The molecule has 0 radical (unpaired) electrons. The molecule has 0 N–H and O–H groups in total. The Bertz CT molecular complexity index is 657. The van der Waals surface area contributed by atoms with Crippen LogP contribution in [-0.2, 0) is 31.6 Å².